The van der Waals surface area contributed by atoms with E-state index >= 15 is 0 Å². The van der Waals surface area contributed by atoms with Crippen molar-refractivity contribution in [2.24, 2.45) is 0 Å². The Hall–Kier alpha value is -2.77. The van der Waals surface area contributed by atoms with Gasteiger partial charge in [-0.05, 0) is 50.7 Å². The monoisotopic (exact) mass is 574 g/mol. The molecule has 0 aromatic heterocycles. The molecule has 8 heteroatoms. The van der Waals surface area contributed by atoms with Crippen LogP contribution >= 0.6 is 0 Å². The number of unbranched alkanes of at least 4 members (excludes halogenated alkanes) is 4. The Balaban J connectivity index is 3.46. The first-order chi connectivity index (χ1) is 19.7. The van der Waals surface area contributed by atoms with Crippen LogP contribution in [0.4, 0.5) is 11.4 Å². The van der Waals surface area contributed by atoms with E-state index in [1.807, 2.05) is 32.9 Å². The molecule has 1 aromatic rings. The van der Waals surface area contributed by atoms with Gasteiger partial charge in [-0.3, -0.25) is 14.4 Å². The molecule has 0 atom stereocenters. The molecular formula is C33H58N4O4. The Morgan fingerprint density at radius 1 is 0.732 bits per heavy atom. The lowest BCUT2D eigenvalue weighted by Gasteiger charge is -2.31. The van der Waals surface area contributed by atoms with Gasteiger partial charge in [0.15, 0.2) is 0 Å². The highest BCUT2D eigenvalue weighted by Crippen LogP contribution is 2.32. The minimum atomic E-state index is -0.181. The number of amides is 3. The van der Waals surface area contributed by atoms with E-state index in [-0.39, 0.29) is 36.9 Å². The van der Waals surface area contributed by atoms with E-state index in [1.165, 1.54) is 6.92 Å². The van der Waals surface area contributed by atoms with Gasteiger partial charge < -0.3 is 24.8 Å². The van der Waals surface area contributed by atoms with Crippen molar-refractivity contribution < 1.29 is 19.1 Å². The summed E-state index contributed by atoms with van der Waals surface area (Å²) in [4.78, 5) is 45.0. The van der Waals surface area contributed by atoms with Gasteiger partial charge in [0, 0.05) is 44.9 Å². The molecule has 0 bridgehead atoms. The van der Waals surface area contributed by atoms with Gasteiger partial charge in [-0.15, -0.1) is 0 Å². The van der Waals surface area contributed by atoms with Crippen molar-refractivity contribution in [3.05, 3.63) is 18.2 Å². The Bertz CT molecular complexity index is 853. The van der Waals surface area contributed by atoms with Crippen LogP contribution in [0.15, 0.2) is 18.2 Å². The van der Waals surface area contributed by atoms with Crippen molar-refractivity contribution in [2.75, 3.05) is 49.5 Å². The molecule has 0 aliphatic rings. The zero-order valence-corrected chi connectivity index (χ0v) is 27.1. The highest BCUT2D eigenvalue weighted by atomic mass is 16.5. The summed E-state index contributed by atoms with van der Waals surface area (Å²) in [5, 5.41) is 2.87. The lowest BCUT2D eigenvalue weighted by atomic mass is 10.2. The van der Waals surface area contributed by atoms with Gasteiger partial charge in [-0.2, -0.15) is 0 Å². The summed E-state index contributed by atoms with van der Waals surface area (Å²) in [6.07, 6.45) is 9.53. The minimum absolute atomic E-state index is 0.00775. The molecule has 0 heterocycles. The Morgan fingerprint density at radius 2 is 1.17 bits per heavy atom. The smallest absolute Gasteiger partial charge is 0.242 e. The fourth-order valence-electron chi connectivity index (χ4n) is 4.62. The maximum atomic E-state index is 13.7. The molecule has 0 fully saturated rings. The normalized spacial score (nSPS) is 10.9. The average molecular weight is 575 g/mol. The van der Waals surface area contributed by atoms with Crippen LogP contribution in [0.5, 0.6) is 5.75 Å². The number of carbonyl (C=O) groups excluding carboxylic acids is 3. The van der Waals surface area contributed by atoms with E-state index in [0.29, 0.717) is 11.4 Å². The first kappa shape index (κ1) is 36.3. The van der Waals surface area contributed by atoms with E-state index in [0.717, 1.165) is 96.1 Å². The highest BCUT2D eigenvalue weighted by Gasteiger charge is 2.24. The number of nitrogens with one attached hydrogen (secondary N) is 1. The van der Waals surface area contributed by atoms with Crippen LogP contribution in [0.1, 0.15) is 113 Å². The summed E-state index contributed by atoms with van der Waals surface area (Å²) in [5.41, 5.74) is 1.32. The number of ether oxygens (including phenoxy) is 1. The SMILES string of the molecule is CCCCN(CCCC)C(=O)CN(CC(=O)N(CCCC)CCCC)c1ccc(NC(C)=O)c(OC(CC)CC)c1. The zero-order chi connectivity index (χ0) is 30.6. The van der Waals surface area contributed by atoms with Crippen molar-refractivity contribution >= 4 is 29.1 Å². The summed E-state index contributed by atoms with van der Waals surface area (Å²) in [6, 6.07) is 5.56. The molecule has 0 unspecified atom stereocenters. The standard InChI is InChI=1S/C33H58N4O4/c1-8-14-20-35(21-15-9-2)32(39)25-37(26-33(40)36(22-16-10-3)23-17-11-4)28-18-19-30(34-27(7)38)31(24-28)41-29(12-5)13-6/h18-19,24,29H,8-17,20-23,25-26H2,1-7H3,(H,34,38). The second-order valence-electron chi connectivity index (χ2n) is 10.9. The molecule has 0 spiro atoms. The zero-order valence-electron chi connectivity index (χ0n) is 27.1. The summed E-state index contributed by atoms with van der Waals surface area (Å²) in [5.74, 6) is 0.432. The first-order valence-corrected chi connectivity index (χ1v) is 16.1. The first-order valence-electron chi connectivity index (χ1n) is 16.1. The Morgan fingerprint density at radius 3 is 1.54 bits per heavy atom. The lowest BCUT2D eigenvalue weighted by Crippen LogP contribution is -2.46. The molecule has 0 radical (unpaired) electrons. The largest absolute Gasteiger partial charge is 0.488 e. The van der Waals surface area contributed by atoms with Gasteiger partial charge in [-0.25, -0.2) is 0 Å². The molecule has 1 aromatic carbocycles. The number of carbonyl (C=O) groups is 3. The van der Waals surface area contributed by atoms with Crippen molar-refractivity contribution in [2.45, 2.75) is 119 Å². The van der Waals surface area contributed by atoms with Crippen LogP contribution in [-0.4, -0.2) is 72.9 Å². The van der Waals surface area contributed by atoms with E-state index in [4.69, 9.17) is 4.74 Å². The Kier molecular flexibility index (Phi) is 18.6. The summed E-state index contributed by atoms with van der Waals surface area (Å²) < 4.78 is 6.32. The summed E-state index contributed by atoms with van der Waals surface area (Å²) >= 11 is 0. The number of hydrogen-bond acceptors (Lipinski definition) is 5. The number of rotatable bonds is 22. The summed E-state index contributed by atoms with van der Waals surface area (Å²) in [6.45, 7) is 17.3. The fraction of sp³-hybridized carbons (Fsp3) is 0.727. The van der Waals surface area contributed by atoms with Crippen LogP contribution in [0, 0.1) is 0 Å². The van der Waals surface area contributed by atoms with Crippen LogP contribution in [0.3, 0.4) is 0 Å². The molecular weight excluding hydrogens is 516 g/mol. The van der Waals surface area contributed by atoms with E-state index in [2.05, 4.69) is 46.9 Å². The molecule has 0 aliphatic carbocycles. The van der Waals surface area contributed by atoms with Crippen molar-refractivity contribution in [1.29, 1.82) is 0 Å². The molecule has 0 aliphatic heterocycles. The second-order valence-corrected chi connectivity index (χ2v) is 10.9. The molecule has 0 saturated heterocycles. The van der Waals surface area contributed by atoms with Crippen LogP contribution in [0.2, 0.25) is 0 Å². The van der Waals surface area contributed by atoms with Gasteiger partial charge in [0.05, 0.1) is 24.9 Å². The maximum absolute atomic E-state index is 13.7. The number of benzene rings is 1. The van der Waals surface area contributed by atoms with Gasteiger partial charge in [0.2, 0.25) is 17.7 Å². The number of nitrogens with zero attached hydrogens (tertiary/aromatic N) is 3. The predicted octanol–water partition coefficient (Wildman–Crippen LogP) is 6.88. The lowest BCUT2D eigenvalue weighted by molar-refractivity contribution is -0.131. The van der Waals surface area contributed by atoms with Gasteiger partial charge in [0.25, 0.3) is 0 Å². The van der Waals surface area contributed by atoms with Crippen molar-refractivity contribution in [1.82, 2.24) is 9.80 Å². The quantitative estimate of drug-likeness (QED) is 0.163. The third-order valence-corrected chi connectivity index (χ3v) is 7.33. The summed E-state index contributed by atoms with van der Waals surface area (Å²) in [7, 11) is 0. The molecule has 0 saturated carbocycles. The van der Waals surface area contributed by atoms with Gasteiger partial charge in [0.1, 0.15) is 5.75 Å². The third-order valence-electron chi connectivity index (χ3n) is 7.33. The maximum Gasteiger partial charge on any atom is 0.242 e. The van der Waals surface area contributed by atoms with E-state index in [9.17, 15) is 14.4 Å². The van der Waals surface area contributed by atoms with E-state index < -0.39 is 0 Å². The molecule has 3 amide bonds. The third kappa shape index (κ3) is 13.6. The molecule has 41 heavy (non-hydrogen) atoms. The van der Waals surface area contributed by atoms with Crippen molar-refractivity contribution in [3.8, 4) is 5.75 Å². The van der Waals surface area contributed by atoms with Gasteiger partial charge in [-0.1, -0.05) is 67.2 Å². The van der Waals surface area contributed by atoms with Crippen LogP contribution in [-0.2, 0) is 14.4 Å². The topological polar surface area (TPSA) is 82.2 Å². The molecule has 1 rings (SSSR count). The number of hydrogen-bond donors (Lipinski definition) is 1. The Labute approximate surface area is 250 Å². The van der Waals surface area contributed by atoms with Crippen molar-refractivity contribution in [3.63, 3.8) is 0 Å². The minimum Gasteiger partial charge on any atom is -0.488 e. The average Bonchev–Trinajstić information content (AvgIpc) is 2.95. The molecule has 1 N–H and O–H groups in total. The van der Waals surface area contributed by atoms with Crippen LogP contribution in [0.25, 0.3) is 0 Å². The molecule has 234 valence electrons. The number of anilines is 2. The highest BCUT2D eigenvalue weighted by molar-refractivity contribution is 5.91. The predicted molar refractivity (Wildman–Crippen MR) is 171 cm³/mol. The fourth-order valence-corrected chi connectivity index (χ4v) is 4.62. The van der Waals surface area contributed by atoms with Crippen LogP contribution < -0.4 is 15.0 Å². The second kappa shape index (κ2) is 21.0. The van der Waals surface area contributed by atoms with E-state index in [1.54, 1.807) is 0 Å². The van der Waals surface area contributed by atoms with Gasteiger partial charge >= 0.3 is 0 Å². The molecule has 8 nitrogen and oxygen atoms in total.